The fraction of sp³-hybridized carbons (Fsp3) is 0.882. The van der Waals surface area contributed by atoms with Crippen molar-refractivity contribution in [3.8, 4) is 0 Å². The van der Waals surface area contributed by atoms with Crippen LogP contribution in [0.5, 0.6) is 0 Å². The summed E-state index contributed by atoms with van der Waals surface area (Å²) in [4.78, 5) is 27.0. The lowest BCUT2D eigenvalue weighted by atomic mass is 9.56. The molecule has 0 aromatic heterocycles. The second-order valence-corrected chi connectivity index (χ2v) is 8.83. The van der Waals surface area contributed by atoms with Crippen LogP contribution in [0.2, 0.25) is 0 Å². The summed E-state index contributed by atoms with van der Waals surface area (Å²) < 4.78 is 30.9. The van der Waals surface area contributed by atoms with E-state index in [4.69, 9.17) is 14.2 Å². The summed E-state index contributed by atoms with van der Waals surface area (Å²) >= 11 is -0.291. The van der Waals surface area contributed by atoms with Gasteiger partial charge in [-0.25, -0.2) is 4.79 Å². The van der Waals surface area contributed by atoms with Crippen LogP contribution in [0.15, 0.2) is 0 Å². The fourth-order valence-electron chi connectivity index (χ4n) is 5.62. The molecule has 3 aliphatic heterocycles. The van der Waals surface area contributed by atoms with Crippen molar-refractivity contribution in [3.05, 3.63) is 0 Å². The van der Waals surface area contributed by atoms with Crippen LogP contribution in [0.3, 0.4) is 0 Å². The van der Waals surface area contributed by atoms with Crippen molar-refractivity contribution >= 4 is 24.3 Å². The molecule has 0 radical (unpaired) electrons. The number of nitrogens with zero attached hydrogens (tertiary/aromatic N) is 2. The van der Waals surface area contributed by atoms with Crippen molar-refractivity contribution in [2.45, 2.75) is 62.3 Å². The van der Waals surface area contributed by atoms with Gasteiger partial charge in [0.1, 0.15) is 0 Å². The molecule has 0 bridgehead atoms. The Kier molecular flexibility index (Phi) is 3.84. The van der Waals surface area contributed by atoms with E-state index in [1.165, 1.54) is 0 Å². The van der Waals surface area contributed by atoms with Gasteiger partial charge in [-0.3, -0.25) is 4.79 Å². The Hall–Kier alpha value is -0.900. The summed E-state index contributed by atoms with van der Waals surface area (Å²) in [6.45, 7) is 1.93. The quantitative estimate of drug-likeness (QED) is 0.536. The van der Waals surface area contributed by atoms with Crippen LogP contribution in [-0.2, 0) is 19.0 Å². The van der Waals surface area contributed by atoms with Crippen molar-refractivity contribution < 1.29 is 27.7 Å². The lowest BCUT2D eigenvalue weighted by molar-refractivity contribution is -0.204. The van der Waals surface area contributed by atoms with Crippen molar-refractivity contribution in [1.82, 2.24) is 9.21 Å². The third-order valence-electron chi connectivity index (χ3n) is 7.08. The van der Waals surface area contributed by atoms with Gasteiger partial charge in [-0.2, -0.15) is 4.31 Å². The van der Waals surface area contributed by atoms with Gasteiger partial charge < -0.3 is 19.1 Å². The largest absolute Gasteiger partial charge is 0.378 e. The van der Waals surface area contributed by atoms with Crippen molar-refractivity contribution in [1.29, 1.82) is 0 Å². The minimum Gasteiger partial charge on any atom is -0.378 e. The van der Waals surface area contributed by atoms with Crippen molar-refractivity contribution in [2.24, 2.45) is 5.41 Å². The second-order valence-electron chi connectivity index (χ2n) is 8.32. The van der Waals surface area contributed by atoms with E-state index in [0.717, 1.165) is 38.5 Å². The fourth-order valence-corrected chi connectivity index (χ4v) is 6.00. The van der Waals surface area contributed by atoms with Gasteiger partial charge >= 0.3 is 6.03 Å². The van der Waals surface area contributed by atoms with Crippen LogP contribution in [0.4, 0.5) is 8.68 Å². The minimum absolute atomic E-state index is 0.0234. The number of imide groups is 1. The molecule has 5 aliphatic rings. The van der Waals surface area contributed by atoms with Crippen LogP contribution < -0.4 is 0 Å². The third kappa shape index (κ3) is 2.23. The highest BCUT2D eigenvalue weighted by Crippen LogP contribution is 2.58. The van der Waals surface area contributed by atoms with Gasteiger partial charge in [-0.05, 0) is 31.1 Å². The number of rotatable bonds is 2. The summed E-state index contributed by atoms with van der Waals surface area (Å²) in [7, 11) is 0. The first-order valence-electron chi connectivity index (χ1n) is 9.36. The Morgan fingerprint density at radius 3 is 2.27 bits per heavy atom. The SMILES string of the molecule is O=C1N(SF)C(=O)C2(CCOC2)N1C1CC2(CCC3(CC2)OCCO3)C1. The van der Waals surface area contributed by atoms with E-state index in [2.05, 4.69) is 0 Å². The topological polar surface area (TPSA) is 68.3 Å². The molecular weight excluding hydrogens is 363 g/mol. The Morgan fingerprint density at radius 2 is 1.69 bits per heavy atom. The maximum atomic E-state index is 13.2. The molecule has 3 saturated heterocycles. The maximum Gasteiger partial charge on any atom is 0.340 e. The highest BCUT2D eigenvalue weighted by atomic mass is 32.2. The molecule has 7 nitrogen and oxygen atoms in total. The molecule has 5 fully saturated rings. The molecule has 2 saturated carbocycles. The number of ether oxygens (including phenoxy) is 3. The zero-order chi connectivity index (χ0) is 18.0. The van der Waals surface area contributed by atoms with Crippen LogP contribution in [0.1, 0.15) is 44.9 Å². The van der Waals surface area contributed by atoms with Crippen LogP contribution in [0, 0.1) is 5.41 Å². The molecular formula is C17H23FN2O5S. The third-order valence-corrected chi connectivity index (χ3v) is 7.54. The van der Waals surface area contributed by atoms with Gasteiger partial charge in [0.15, 0.2) is 23.7 Å². The van der Waals surface area contributed by atoms with Crippen LogP contribution in [0.25, 0.3) is 0 Å². The van der Waals surface area contributed by atoms with Gasteiger partial charge in [0.05, 0.1) is 19.8 Å². The molecule has 3 heterocycles. The number of carbonyl (C=O) groups excluding carboxylic acids is 2. The number of urea groups is 1. The zero-order valence-corrected chi connectivity index (χ0v) is 15.4. The van der Waals surface area contributed by atoms with Crippen molar-refractivity contribution in [3.63, 3.8) is 0 Å². The summed E-state index contributed by atoms with van der Waals surface area (Å²) in [5.41, 5.74) is -0.818. The molecule has 0 aromatic carbocycles. The lowest BCUT2D eigenvalue weighted by Crippen LogP contribution is -2.61. The number of hydrogen-bond acceptors (Lipinski definition) is 6. The minimum atomic E-state index is -1.00. The van der Waals surface area contributed by atoms with E-state index in [9.17, 15) is 13.5 Å². The summed E-state index contributed by atoms with van der Waals surface area (Å²) in [6, 6.07) is -0.549. The summed E-state index contributed by atoms with van der Waals surface area (Å²) in [5.74, 6) is -0.860. The first-order valence-corrected chi connectivity index (χ1v) is 10.0. The number of hydrogen-bond donors (Lipinski definition) is 0. The van der Waals surface area contributed by atoms with Gasteiger partial charge in [0.25, 0.3) is 5.91 Å². The highest BCUT2D eigenvalue weighted by molar-refractivity contribution is 7.93. The second kappa shape index (κ2) is 5.80. The van der Waals surface area contributed by atoms with E-state index in [1.54, 1.807) is 4.90 Å². The number of halogens is 1. The monoisotopic (exact) mass is 386 g/mol. The first kappa shape index (κ1) is 17.2. The maximum absolute atomic E-state index is 13.2. The normalized spacial score (nSPS) is 36.0. The van der Waals surface area contributed by atoms with Gasteiger partial charge in [0.2, 0.25) is 0 Å². The standard InChI is InChI=1S/C17H23FN2O5S/c18-26-20-13(21)16(5-6-23-11-16)19(14(20)22)12-9-15(10-12)1-3-17(4-2-15)24-7-8-25-17/h12H,1-11H2. The van der Waals surface area contributed by atoms with Gasteiger partial charge in [-0.1, -0.05) is 0 Å². The van der Waals surface area contributed by atoms with E-state index < -0.39 is 23.3 Å². The molecule has 1 unspecified atom stereocenters. The molecule has 3 spiro atoms. The molecule has 9 heteroatoms. The van der Waals surface area contributed by atoms with E-state index in [1.807, 2.05) is 0 Å². The van der Waals surface area contributed by atoms with E-state index >= 15 is 0 Å². The molecule has 0 N–H and O–H groups in total. The average molecular weight is 386 g/mol. The smallest absolute Gasteiger partial charge is 0.340 e. The number of amides is 3. The zero-order valence-electron chi connectivity index (χ0n) is 14.6. The Labute approximate surface area is 155 Å². The molecule has 2 aliphatic carbocycles. The molecule has 26 heavy (non-hydrogen) atoms. The average Bonchev–Trinajstić information content (AvgIpc) is 3.31. The van der Waals surface area contributed by atoms with Crippen LogP contribution >= 0.6 is 12.3 Å². The molecule has 3 amide bonds. The van der Waals surface area contributed by atoms with E-state index in [0.29, 0.717) is 30.5 Å². The number of carbonyl (C=O) groups is 2. The highest BCUT2D eigenvalue weighted by Gasteiger charge is 2.65. The first-order chi connectivity index (χ1) is 12.5. The van der Waals surface area contributed by atoms with Crippen LogP contribution in [-0.4, -0.2) is 64.9 Å². The lowest BCUT2D eigenvalue weighted by Gasteiger charge is -2.56. The van der Waals surface area contributed by atoms with Gasteiger partial charge in [0, 0.05) is 31.9 Å². The molecule has 1 atom stereocenters. The molecule has 0 aromatic rings. The van der Waals surface area contributed by atoms with Gasteiger partial charge in [-0.15, -0.1) is 3.89 Å². The summed E-state index contributed by atoms with van der Waals surface area (Å²) in [5, 5.41) is 0. The van der Waals surface area contributed by atoms with Crippen molar-refractivity contribution in [2.75, 3.05) is 26.4 Å². The Balaban J connectivity index is 1.31. The van der Waals surface area contributed by atoms with E-state index in [-0.39, 0.29) is 30.4 Å². The predicted octanol–water partition coefficient (Wildman–Crippen LogP) is 2.41. The predicted molar refractivity (Wildman–Crippen MR) is 89.5 cm³/mol. The summed E-state index contributed by atoms with van der Waals surface area (Å²) in [6.07, 6.45) is 5.93. The Bertz CT molecular complexity index is 617. The molecule has 144 valence electrons. The Morgan fingerprint density at radius 1 is 1.00 bits per heavy atom. The molecule has 5 rings (SSSR count).